The summed E-state index contributed by atoms with van der Waals surface area (Å²) in [5, 5.41) is 86.1. The van der Waals surface area contributed by atoms with Crippen molar-refractivity contribution in [3.8, 4) is 0 Å². The molecule has 2 rings (SSSR count). The van der Waals surface area contributed by atoms with E-state index < -0.39 is 86.8 Å². The topological polar surface area (TPSA) is 228 Å². The second-order valence-electron chi connectivity index (χ2n) is 17.6. The highest BCUT2D eigenvalue weighted by Gasteiger charge is 2.51. The molecule has 2 heterocycles. The quantitative estimate of drug-likeness (QED) is 0.0274. The summed E-state index contributed by atoms with van der Waals surface area (Å²) in [6.07, 6.45) is 19.2. The summed E-state index contributed by atoms with van der Waals surface area (Å²) in [7, 11) is 0. The number of hydrogen-bond acceptors (Lipinski definition) is 13. The lowest BCUT2D eigenvalue weighted by atomic mass is 9.97. The van der Waals surface area contributed by atoms with Crippen molar-refractivity contribution in [1.29, 1.82) is 0 Å². The van der Waals surface area contributed by atoms with Crippen LogP contribution in [-0.4, -0.2) is 140 Å². The molecule has 0 spiro atoms. The molecule has 1 amide bonds. The first-order valence-electron chi connectivity index (χ1n) is 24.4. The number of allylic oxidation sites excluding steroid dienone is 1. The molecule has 0 aromatic heterocycles. The van der Waals surface area contributed by atoms with Gasteiger partial charge in [-0.25, -0.2) is 0 Å². The zero-order valence-electron chi connectivity index (χ0n) is 37.9. The third kappa shape index (κ3) is 23.0. The maximum atomic E-state index is 12.9. The third-order valence-corrected chi connectivity index (χ3v) is 12.2. The second kappa shape index (κ2) is 35.0. The van der Waals surface area contributed by atoms with E-state index in [4.69, 9.17) is 18.9 Å². The molecule has 0 aliphatic carbocycles. The van der Waals surface area contributed by atoms with Gasteiger partial charge in [0.1, 0.15) is 48.8 Å². The Hall–Kier alpha value is -1.27. The summed E-state index contributed by atoms with van der Waals surface area (Å²) in [5.74, 6) is -0.257. The Kier molecular flexibility index (Phi) is 32.1. The molecule has 2 aliphatic rings. The number of carbonyl (C=O) groups is 1. The zero-order valence-corrected chi connectivity index (χ0v) is 37.9. The Morgan fingerprint density at radius 1 is 0.574 bits per heavy atom. The van der Waals surface area contributed by atoms with Crippen LogP contribution in [-0.2, 0) is 23.7 Å². The molecular weight excluding hydrogens is 787 g/mol. The van der Waals surface area contributed by atoms with Crippen LogP contribution in [0.15, 0.2) is 12.2 Å². The minimum atomic E-state index is -1.78. The summed E-state index contributed by atoms with van der Waals surface area (Å²) in [6, 6.07) is -0.904. The first-order chi connectivity index (χ1) is 29.6. The van der Waals surface area contributed by atoms with Gasteiger partial charge in [0.15, 0.2) is 12.6 Å². The highest BCUT2D eigenvalue weighted by molar-refractivity contribution is 5.76. The number of nitrogens with one attached hydrogen (secondary N) is 1. The average Bonchev–Trinajstić information content (AvgIpc) is 3.26. The summed E-state index contributed by atoms with van der Waals surface area (Å²) in [6.45, 7) is 2.65. The number of rotatable bonds is 37. The lowest BCUT2D eigenvalue weighted by Gasteiger charge is -2.46. The van der Waals surface area contributed by atoms with Gasteiger partial charge in [-0.2, -0.15) is 0 Å². The van der Waals surface area contributed by atoms with E-state index >= 15 is 0 Å². The van der Waals surface area contributed by atoms with Gasteiger partial charge in [-0.05, 0) is 19.3 Å². The highest BCUT2D eigenvalue weighted by atomic mass is 16.7. The number of aliphatic hydroxyl groups excluding tert-OH is 8. The molecule has 14 heteroatoms. The van der Waals surface area contributed by atoms with E-state index in [1.807, 2.05) is 6.08 Å². The minimum absolute atomic E-state index is 0.257. The monoisotopic (exact) mass is 876 g/mol. The number of ether oxygens (including phenoxy) is 4. The molecule has 360 valence electrons. The van der Waals surface area contributed by atoms with Crippen LogP contribution in [0, 0.1) is 0 Å². The van der Waals surface area contributed by atoms with Crippen LogP contribution in [0.1, 0.15) is 187 Å². The van der Waals surface area contributed by atoms with Gasteiger partial charge in [0, 0.05) is 6.42 Å². The van der Waals surface area contributed by atoms with Gasteiger partial charge in [-0.15, -0.1) is 0 Å². The van der Waals surface area contributed by atoms with E-state index in [9.17, 15) is 45.6 Å². The van der Waals surface area contributed by atoms with Gasteiger partial charge in [-0.3, -0.25) is 4.79 Å². The zero-order chi connectivity index (χ0) is 44.7. The predicted molar refractivity (Wildman–Crippen MR) is 235 cm³/mol. The van der Waals surface area contributed by atoms with Crippen molar-refractivity contribution >= 4 is 5.91 Å². The summed E-state index contributed by atoms with van der Waals surface area (Å²) in [4.78, 5) is 12.9. The first-order valence-corrected chi connectivity index (χ1v) is 24.4. The third-order valence-electron chi connectivity index (χ3n) is 12.2. The van der Waals surface area contributed by atoms with Crippen molar-refractivity contribution in [3.63, 3.8) is 0 Å². The van der Waals surface area contributed by atoms with Gasteiger partial charge >= 0.3 is 0 Å². The largest absolute Gasteiger partial charge is 0.394 e. The number of aliphatic hydroxyl groups is 8. The van der Waals surface area contributed by atoms with Gasteiger partial charge < -0.3 is 65.1 Å². The van der Waals surface area contributed by atoms with E-state index in [2.05, 4.69) is 19.2 Å². The fourth-order valence-corrected chi connectivity index (χ4v) is 8.17. The van der Waals surface area contributed by atoms with Crippen LogP contribution in [0.4, 0.5) is 0 Å². The number of carbonyl (C=O) groups excluding carboxylic acids is 1. The van der Waals surface area contributed by atoms with Crippen LogP contribution in [0.25, 0.3) is 0 Å². The van der Waals surface area contributed by atoms with E-state index in [0.717, 1.165) is 38.5 Å². The molecule has 2 aliphatic heterocycles. The predicted octanol–water partition coefficient (Wildman–Crippen LogP) is 5.60. The number of amides is 1. The SMILES string of the molecule is CCCCCCCCCCCCCCCCCCCCCCC/C=C/C(O)C(COC1OC(CO)C(OC2OC(CO)C(O)C(O)C2O)C(O)C1O)NC(=O)CCCCCC. The lowest BCUT2D eigenvalue weighted by molar-refractivity contribution is -0.359. The van der Waals surface area contributed by atoms with Gasteiger partial charge in [0.25, 0.3) is 0 Å². The standard InChI is InChI=1S/C47H89NO13/c1-3-5-7-9-10-11-12-13-14-15-16-17-18-19-20-21-22-23-24-25-26-27-28-30-36(51)35(48-39(52)31-29-8-6-4-2)34-58-46-44(57)42(55)45(38(33-50)60-46)61-47-43(56)41(54)40(53)37(32-49)59-47/h28,30,35-38,40-47,49-51,53-57H,3-27,29,31-34H2,1-2H3,(H,48,52)/b30-28+. The molecule has 61 heavy (non-hydrogen) atoms. The van der Waals surface area contributed by atoms with E-state index in [0.29, 0.717) is 6.42 Å². The Labute approximate surface area is 367 Å². The Bertz CT molecular complexity index is 1080. The number of hydrogen-bond donors (Lipinski definition) is 9. The smallest absolute Gasteiger partial charge is 0.220 e. The van der Waals surface area contributed by atoms with Crippen molar-refractivity contribution in [2.24, 2.45) is 0 Å². The molecule has 0 saturated carbocycles. The maximum absolute atomic E-state index is 12.9. The van der Waals surface area contributed by atoms with E-state index in [1.54, 1.807) is 6.08 Å². The molecule has 9 N–H and O–H groups in total. The molecule has 14 nitrogen and oxygen atoms in total. The summed E-state index contributed by atoms with van der Waals surface area (Å²) in [5.41, 5.74) is 0. The van der Waals surface area contributed by atoms with Crippen LogP contribution < -0.4 is 5.32 Å². The van der Waals surface area contributed by atoms with Crippen molar-refractivity contribution in [2.75, 3.05) is 19.8 Å². The van der Waals surface area contributed by atoms with Crippen LogP contribution >= 0.6 is 0 Å². The second-order valence-corrected chi connectivity index (χ2v) is 17.6. The summed E-state index contributed by atoms with van der Waals surface area (Å²) < 4.78 is 22.5. The fraction of sp³-hybridized carbons (Fsp3) is 0.936. The lowest BCUT2D eigenvalue weighted by Crippen LogP contribution is -2.65. The highest BCUT2D eigenvalue weighted by Crippen LogP contribution is 2.30. The Morgan fingerprint density at radius 3 is 1.51 bits per heavy atom. The van der Waals surface area contributed by atoms with Crippen LogP contribution in [0.2, 0.25) is 0 Å². The van der Waals surface area contributed by atoms with Crippen LogP contribution in [0.3, 0.4) is 0 Å². The molecule has 12 atom stereocenters. The van der Waals surface area contributed by atoms with Gasteiger partial charge in [0.2, 0.25) is 5.91 Å². The maximum Gasteiger partial charge on any atom is 0.220 e. The summed E-state index contributed by atoms with van der Waals surface area (Å²) >= 11 is 0. The van der Waals surface area contributed by atoms with Crippen molar-refractivity contribution in [2.45, 2.75) is 261 Å². The number of unbranched alkanes of at least 4 members (excludes halogenated alkanes) is 24. The van der Waals surface area contributed by atoms with Crippen LogP contribution in [0.5, 0.6) is 0 Å². The molecule has 0 aromatic carbocycles. The fourth-order valence-electron chi connectivity index (χ4n) is 8.17. The molecule has 2 fully saturated rings. The average molecular weight is 876 g/mol. The molecule has 0 bridgehead atoms. The Balaban J connectivity index is 1.71. The molecular formula is C47H89NO13. The van der Waals surface area contributed by atoms with Gasteiger partial charge in [-0.1, -0.05) is 174 Å². The van der Waals surface area contributed by atoms with Gasteiger partial charge in [0.05, 0.1) is 32.0 Å². The van der Waals surface area contributed by atoms with Crippen molar-refractivity contribution < 1.29 is 64.6 Å². The molecule has 0 radical (unpaired) electrons. The molecule has 12 unspecified atom stereocenters. The molecule has 0 aromatic rings. The van der Waals surface area contributed by atoms with E-state index in [-0.39, 0.29) is 18.9 Å². The van der Waals surface area contributed by atoms with E-state index in [1.165, 1.54) is 122 Å². The molecule has 2 saturated heterocycles. The van der Waals surface area contributed by atoms with Crippen molar-refractivity contribution in [3.05, 3.63) is 12.2 Å². The Morgan fingerprint density at radius 2 is 1.02 bits per heavy atom. The normalized spacial score (nSPS) is 28.0. The van der Waals surface area contributed by atoms with Crippen molar-refractivity contribution in [1.82, 2.24) is 5.32 Å². The first kappa shape index (κ1) is 55.9. The minimum Gasteiger partial charge on any atom is -0.394 e.